The van der Waals surface area contributed by atoms with E-state index in [-0.39, 0.29) is 17.2 Å². The zero-order valence-electron chi connectivity index (χ0n) is 19.0. The van der Waals surface area contributed by atoms with Crippen molar-refractivity contribution in [1.29, 1.82) is 0 Å². The molecule has 1 N–H and O–H groups in total. The third-order valence-corrected chi connectivity index (χ3v) is 6.81. The molecule has 8 nitrogen and oxygen atoms in total. The maximum atomic E-state index is 13.5. The van der Waals surface area contributed by atoms with Crippen molar-refractivity contribution in [2.75, 3.05) is 39.3 Å². The van der Waals surface area contributed by atoms with Crippen LogP contribution in [-0.4, -0.2) is 75.6 Å². The van der Waals surface area contributed by atoms with E-state index in [4.69, 9.17) is 0 Å². The Labute approximate surface area is 197 Å². The van der Waals surface area contributed by atoms with Gasteiger partial charge in [0.05, 0.1) is 11.3 Å². The van der Waals surface area contributed by atoms with Gasteiger partial charge in [-0.2, -0.15) is 0 Å². The van der Waals surface area contributed by atoms with Crippen molar-refractivity contribution in [3.63, 3.8) is 0 Å². The number of piperazine rings is 1. The first kappa shape index (κ1) is 22.2. The molecule has 0 atom stereocenters. The van der Waals surface area contributed by atoms with Crippen LogP contribution in [-0.2, 0) is 6.54 Å². The minimum Gasteiger partial charge on any atom is -0.478 e. The summed E-state index contributed by atoms with van der Waals surface area (Å²) in [6.07, 6.45) is 2.12. The van der Waals surface area contributed by atoms with Gasteiger partial charge in [0.15, 0.2) is 0 Å². The van der Waals surface area contributed by atoms with Crippen LogP contribution in [0.3, 0.4) is 0 Å². The van der Waals surface area contributed by atoms with Crippen molar-refractivity contribution in [3.05, 3.63) is 76.2 Å². The summed E-state index contributed by atoms with van der Waals surface area (Å²) < 4.78 is 1.54. The van der Waals surface area contributed by atoms with Crippen molar-refractivity contribution in [1.82, 2.24) is 19.3 Å². The zero-order valence-corrected chi connectivity index (χ0v) is 19.0. The fraction of sp³-hybridized carbons (Fsp3) is 0.346. The van der Waals surface area contributed by atoms with Gasteiger partial charge < -0.3 is 14.9 Å². The zero-order chi connectivity index (χ0) is 23.7. The summed E-state index contributed by atoms with van der Waals surface area (Å²) in [5, 5.41) is 11.0. The lowest BCUT2D eigenvalue weighted by Crippen LogP contribution is -2.52. The number of fused-ring (bicyclic) bond motifs is 1. The fourth-order valence-electron chi connectivity index (χ4n) is 5.05. The number of carbonyl (C=O) groups is 2. The molecule has 2 aliphatic heterocycles. The lowest BCUT2D eigenvalue weighted by atomic mass is 10.0. The number of nitrogens with zero attached hydrogens (tertiary/aromatic N) is 4. The molecule has 2 aliphatic rings. The van der Waals surface area contributed by atoms with E-state index in [9.17, 15) is 19.5 Å². The summed E-state index contributed by atoms with van der Waals surface area (Å²) in [5.41, 5.74) is 1.01. The number of carboxylic acid groups (broad SMARTS) is 1. The van der Waals surface area contributed by atoms with E-state index in [1.54, 1.807) is 24.3 Å². The molecule has 2 fully saturated rings. The highest BCUT2D eigenvalue weighted by Gasteiger charge is 2.29. The van der Waals surface area contributed by atoms with Crippen LogP contribution in [0.5, 0.6) is 0 Å². The molecule has 5 rings (SSSR count). The number of hydrogen-bond donors (Lipinski definition) is 1. The molecule has 1 aromatic heterocycles. The van der Waals surface area contributed by atoms with E-state index in [0.717, 1.165) is 25.9 Å². The number of aromatic nitrogens is 1. The Morgan fingerprint density at radius 3 is 2.00 bits per heavy atom. The summed E-state index contributed by atoms with van der Waals surface area (Å²) in [4.78, 5) is 44.7. The van der Waals surface area contributed by atoms with Gasteiger partial charge in [-0.05, 0) is 31.0 Å². The number of hydrogen-bond acceptors (Lipinski definition) is 4. The highest BCUT2D eigenvalue weighted by atomic mass is 16.4. The summed E-state index contributed by atoms with van der Waals surface area (Å²) in [6, 6.07) is 16.2. The average molecular weight is 461 g/mol. The number of carboxylic acids is 1. The average Bonchev–Trinajstić information content (AvgIpc) is 3.40. The second-order valence-corrected chi connectivity index (χ2v) is 8.89. The Morgan fingerprint density at radius 2 is 1.35 bits per heavy atom. The molecule has 3 heterocycles. The molecular formula is C26H28N4O4. The van der Waals surface area contributed by atoms with Crippen LogP contribution in [0.1, 0.15) is 28.9 Å². The Morgan fingerprint density at radius 1 is 0.765 bits per heavy atom. The monoisotopic (exact) mass is 460 g/mol. The van der Waals surface area contributed by atoms with Gasteiger partial charge in [0.1, 0.15) is 0 Å². The van der Waals surface area contributed by atoms with E-state index < -0.39 is 5.97 Å². The minimum absolute atomic E-state index is 0.0928. The number of likely N-dealkylation sites (tertiary alicyclic amines) is 1. The van der Waals surface area contributed by atoms with Crippen LogP contribution in [0.4, 0.5) is 4.79 Å². The molecule has 0 unspecified atom stereocenters. The number of benzene rings is 2. The van der Waals surface area contributed by atoms with Crippen LogP contribution >= 0.6 is 0 Å². The molecule has 0 radical (unpaired) electrons. The highest BCUT2D eigenvalue weighted by Crippen LogP contribution is 2.24. The Hall–Kier alpha value is -3.65. The van der Waals surface area contributed by atoms with Crippen molar-refractivity contribution < 1.29 is 14.7 Å². The molecule has 0 bridgehead atoms. The lowest BCUT2D eigenvalue weighted by Gasteiger charge is -2.37. The van der Waals surface area contributed by atoms with E-state index in [1.807, 2.05) is 40.1 Å². The number of rotatable bonds is 4. The van der Waals surface area contributed by atoms with Crippen LogP contribution in [0.2, 0.25) is 0 Å². The number of urea groups is 1. The van der Waals surface area contributed by atoms with Gasteiger partial charge in [0.2, 0.25) is 0 Å². The number of carbonyl (C=O) groups excluding carboxylic acids is 1. The number of para-hydroxylation sites is 1. The third kappa shape index (κ3) is 4.05. The molecule has 2 amide bonds. The molecule has 2 saturated heterocycles. The molecular weight excluding hydrogens is 432 g/mol. The summed E-state index contributed by atoms with van der Waals surface area (Å²) >= 11 is 0. The number of pyridine rings is 1. The maximum Gasteiger partial charge on any atom is 0.338 e. The quantitative estimate of drug-likeness (QED) is 0.647. The van der Waals surface area contributed by atoms with E-state index in [0.29, 0.717) is 54.9 Å². The molecule has 2 aromatic carbocycles. The molecule has 0 aliphatic carbocycles. The first-order valence-electron chi connectivity index (χ1n) is 11.8. The van der Waals surface area contributed by atoms with Crippen LogP contribution < -0.4 is 5.56 Å². The molecule has 8 heteroatoms. The molecule has 176 valence electrons. The van der Waals surface area contributed by atoms with Crippen LogP contribution in [0, 0.1) is 0 Å². The smallest absolute Gasteiger partial charge is 0.338 e. The SMILES string of the molecule is O=C(O)c1c(CN2CCN(C(=O)N3CCCC3)CC2)n(-c2ccccc2)c(=O)c2ccccc12. The topological polar surface area (TPSA) is 86.1 Å². The van der Waals surface area contributed by atoms with Gasteiger partial charge in [-0.15, -0.1) is 0 Å². The second kappa shape index (κ2) is 9.30. The summed E-state index contributed by atoms with van der Waals surface area (Å²) in [7, 11) is 0. The number of amides is 2. The Kier molecular flexibility index (Phi) is 6.06. The van der Waals surface area contributed by atoms with Gasteiger partial charge in [-0.1, -0.05) is 36.4 Å². The first-order chi connectivity index (χ1) is 16.5. The van der Waals surface area contributed by atoms with E-state index in [1.165, 1.54) is 4.57 Å². The minimum atomic E-state index is -1.06. The molecule has 0 spiro atoms. The maximum absolute atomic E-state index is 13.5. The van der Waals surface area contributed by atoms with Gasteiger partial charge in [0, 0.05) is 62.3 Å². The predicted octanol–water partition coefficient (Wildman–Crippen LogP) is 3.02. The van der Waals surface area contributed by atoms with Crippen molar-refractivity contribution >= 4 is 22.8 Å². The van der Waals surface area contributed by atoms with Crippen LogP contribution in [0.25, 0.3) is 16.5 Å². The van der Waals surface area contributed by atoms with Crippen LogP contribution in [0.15, 0.2) is 59.4 Å². The molecule has 34 heavy (non-hydrogen) atoms. The third-order valence-electron chi connectivity index (χ3n) is 6.81. The van der Waals surface area contributed by atoms with Gasteiger partial charge in [0.25, 0.3) is 5.56 Å². The normalized spacial score (nSPS) is 16.8. The Balaban J connectivity index is 1.50. The molecule has 0 saturated carbocycles. The second-order valence-electron chi connectivity index (χ2n) is 8.89. The fourth-order valence-corrected chi connectivity index (χ4v) is 5.05. The van der Waals surface area contributed by atoms with Gasteiger partial charge in [-0.25, -0.2) is 9.59 Å². The van der Waals surface area contributed by atoms with Crippen molar-refractivity contribution in [3.8, 4) is 5.69 Å². The van der Waals surface area contributed by atoms with Gasteiger partial charge in [-0.3, -0.25) is 14.3 Å². The van der Waals surface area contributed by atoms with Crippen molar-refractivity contribution in [2.24, 2.45) is 0 Å². The Bertz CT molecular complexity index is 1270. The predicted molar refractivity (Wildman–Crippen MR) is 130 cm³/mol. The van der Waals surface area contributed by atoms with E-state index in [2.05, 4.69) is 4.90 Å². The van der Waals surface area contributed by atoms with Gasteiger partial charge >= 0.3 is 12.0 Å². The van der Waals surface area contributed by atoms with Crippen molar-refractivity contribution in [2.45, 2.75) is 19.4 Å². The standard InChI is InChI=1S/C26H28N4O4/c31-24-21-11-5-4-10-20(21)23(25(32)33)22(30(24)19-8-2-1-3-9-19)18-27-14-16-29(17-15-27)26(34)28-12-6-7-13-28/h1-5,8-11H,6-7,12-18H2,(H,32,33). The van der Waals surface area contributed by atoms with E-state index >= 15 is 0 Å². The number of aromatic carboxylic acids is 1. The summed E-state index contributed by atoms with van der Waals surface area (Å²) in [6.45, 7) is 4.36. The lowest BCUT2D eigenvalue weighted by molar-refractivity contribution is 0.0694. The first-order valence-corrected chi connectivity index (χ1v) is 11.8. The largest absolute Gasteiger partial charge is 0.478 e. The summed E-state index contributed by atoms with van der Waals surface area (Å²) in [5.74, 6) is -1.06. The highest BCUT2D eigenvalue weighted by molar-refractivity contribution is 6.04. The molecule has 3 aromatic rings.